The van der Waals surface area contributed by atoms with Crippen LogP contribution in [0, 0.1) is 5.82 Å². The quantitative estimate of drug-likeness (QED) is 0.784. The smallest absolute Gasteiger partial charge is 0.142 e. The second-order valence-electron chi connectivity index (χ2n) is 3.30. The fourth-order valence-electron chi connectivity index (χ4n) is 1.29. The predicted molar refractivity (Wildman–Crippen MR) is 65.0 cm³/mol. The van der Waals surface area contributed by atoms with E-state index in [9.17, 15) is 4.39 Å². The van der Waals surface area contributed by atoms with Crippen molar-refractivity contribution in [3.63, 3.8) is 0 Å². The Morgan fingerprint density at radius 3 is 2.76 bits per heavy atom. The number of pyridine rings is 1. The number of nitrogens with zero attached hydrogens (tertiary/aromatic N) is 1. The number of hydrogen-bond acceptors (Lipinski definition) is 2. The molecule has 0 N–H and O–H groups in total. The number of aromatic nitrogens is 1. The second-order valence-corrected chi connectivity index (χ2v) is 4.08. The van der Waals surface area contributed by atoms with Crippen molar-refractivity contribution in [2.75, 3.05) is 0 Å². The number of ether oxygens (including phenoxy) is 1. The molecule has 5 heteroatoms. The van der Waals surface area contributed by atoms with Gasteiger partial charge in [-0.15, -0.1) is 0 Å². The number of hydrogen-bond donors (Lipinski definition) is 0. The van der Waals surface area contributed by atoms with Crippen LogP contribution in [0.15, 0.2) is 36.7 Å². The third kappa shape index (κ3) is 2.87. The summed E-state index contributed by atoms with van der Waals surface area (Å²) in [6, 6.07) is 6.15. The molecule has 1 aromatic heterocycles. The van der Waals surface area contributed by atoms with E-state index in [0.29, 0.717) is 16.3 Å². The molecule has 0 aliphatic rings. The minimum atomic E-state index is -0.513. The Morgan fingerprint density at radius 2 is 2.06 bits per heavy atom. The van der Waals surface area contributed by atoms with E-state index in [-0.39, 0.29) is 11.6 Å². The first-order valence-electron chi connectivity index (χ1n) is 4.83. The maximum atomic E-state index is 13.2. The molecule has 17 heavy (non-hydrogen) atoms. The number of benzene rings is 1. The molecule has 1 heterocycles. The molecule has 2 aromatic rings. The van der Waals surface area contributed by atoms with Gasteiger partial charge in [-0.25, -0.2) is 4.39 Å². The SMILES string of the molecule is Fc1ccc(Cl)c(COc2cccnc2)c1Cl. The van der Waals surface area contributed by atoms with Crippen LogP contribution in [0.2, 0.25) is 10.0 Å². The van der Waals surface area contributed by atoms with E-state index < -0.39 is 5.82 Å². The van der Waals surface area contributed by atoms with Gasteiger partial charge in [0, 0.05) is 16.8 Å². The molecule has 2 nitrogen and oxygen atoms in total. The van der Waals surface area contributed by atoms with Gasteiger partial charge < -0.3 is 4.74 Å². The molecular formula is C12H8Cl2FNO. The molecule has 0 amide bonds. The molecule has 0 saturated carbocycles. The van der Waals surface area contributed by atoms with E-state index in [0.717, 1.165) is 0 Å². The van der Waals surface area contributed by atoms with Gasteiger partial charge in [-0.05, 0) is 24.3 Å². The summed E-state index contributed by atoms with van der Waals surface area (Å²) in [6.07, 6.45) is 3.19. The van der Waals surface area contributed by atoms with Gasteiger partial charge in [0.2, 0.25) is 0 Å². The lowest BCUT2D eigenvalue weighted by atomic mass is 10.2. The Balaban J connectivity index is 2.17. The third-order valence-corrected chi connectivity index (χ3v) is 2.92. The highest BCUT2D eigenvalue weighted by Gasteiger charge is 2.11. The van der Waals surface area contributed by atoms with E-state index in [1.807, 2.05) is 0 Å². The first-order valence-corrected chi connectivity index (χ1v) is 5.59. The first kappa shape index (κ1) is 12.1. The lowest BCUT2D eigenvalue weighted by Gasteiger charge is -2.09. The van der Waals surface area contributed by atoms with Gasteiger partial charge >= 0.3 is 0 Å². The van der Waals surface area contributed by atoms with Crippen molar-refractivity contribution in [1.82, 2.24) is 4.98 Å². The summed E-state index contributed by atoms with van der Waals surface area (Å²) in [6.45, 7) is 0.0983. The highest BCUT2D eigenvalue weighted by molar-refractivity contribution is 6.36. The molecule has 0 aliphatic heterocycles. The normalized spacial score (nSPS) is 10.3. The van der Waals surface area contributed by atoms with Gasteiger partial charge in [0.25, 0.3) is 0 Å². The zero-order valence-corrected chi connectivity index (χ0v) is 10.2. The highest BCUT2D eigenvalue weighted by Crippen LogP contribution is 2.28. The van der Waals surface area contributed by atoms with E-state index in [1.165, 1.54) is 12.1 Å². The summed E-state index contributed by atoms with van der Waals surface area (Å²) in [5, 5.41) is 0.363. The van der Waals surface area contributed by atoms with Crippen LogP contribution in [-0.4, -0.2) is 4.98 Å². The summed E-state index contributed by atoms with van der Waals surface area (Å²) < 4.78 is 18.6. The molecular weight excluding hydrogens is 264 g/mol. The van der Waals surface area contributed by atoms with Crippen LogP contribution in [0.4, 0.5) is 4.39 Å². The fourth-order valence-corrected chi connectivity index (χ4v) is 1.77. The molecule has 0 unspecified atom stereocenters. The molecule has 0 atom stereocenters. The van der Waals surface area contributed by atoms with Gasteiger partial charge in [-0.1, -0.05) is 23.2 Å². The van der Waals surface area contributed by atoms with Crippen LogP contribution >= 0.6 is 23.2 Å². The molecule has 0 fully saturated rings. The van der Waals surface area contributed by atoms with Crippen molar-refractivity contribution in [2.24, 2.45) is 0 Å². The predicted octanol–water partition coefficient (Wildman–Crippen LogP) is 4.11. The van der Waals surface area contributed by atoms with Crippen LogP contribution in [-0.2, 0) is 6.61 Å². The van der Waals surface area contributed by atoms with Gasteiger partial charge in [0.15, 0.2) is 0 Å². The monoisotopic (exact) mass is 271 g/mol. The largest absolute Gasteiger partial charge is 0.487 e. The average Bonchev–Trinajstić information content (AvgIpc) is 2.35. The van der Waals surface area contributed by atoms with Crippen LogP contribution in [0.25, 0.3) is 0 Å². The topological polar surface area (TPSA) is 22.1 Å². The van der Waals surface area contributed by atoms with E-state index in [4.69, 9.17) is 27.9 Å². The Morgan fingerprint density at radius 1 is 1.24 bits per heavy atom. The number of rotatable bonds is 3. The lowest BCUT2D eigenvalue weighted by Crippen LogP contribution is -1.99. The van der Waals surface area contributed by atoms with E-state index in [1.54, 1.807) is 24.5 Å². The van der Waals surface area contributed by atoms with E-state index >= 15 is 0 Å². The summed E-state index contributed by atoms with van der Waals surface area (Å²) in [7, 11) is 0. The minimum Gasteiger partial charge on any atom is -0.487 e. The van der Waals surface area contributed by atoms with Crippen LogP contribution < -0.4 is 4.74 Å². The maximum Gasteiger partial charge on any atom is 0.142 e. The van der Waals surface area contributed by atoms with Crippen molar-refractivity contribution < 1.29 is 9.13 Å². The standard InChI is InChI=1S/C12H8Cl2FNO/c13-10-3-4-11(15)12(14)9(10)7-17-8-2-1-5-16-6-8/h1-6H,7H2. The number of halogens is 3. The summed E-state index contributed by atoms with van der Waals surface area (Å²) in [5.74, 6) is 0.0600. The van der Waals surface area contributed by atoms with Crippen molar-refractivity contribution in [3.05, 3.63) is 58.1 Å². The molecule has 88 valence electrons. The van der Waals surface area contributed by atoms with Crippen LogP contribution in [0.3, 0.4) is 0 Å². The molecule has 0 bridgehead atoms. The van der Waals surface area contributed by atoms with Crippen molar-refractivity contribution in [2.45, 2.75) is 6.61 Å². The molecule has 0 radical (unpaired) electrons. The molecule has 0 spiro atoms. The molecule has 0 saturated heterocycles. The Bertz CT molecular complexity index is 519. The van der Waals surface area contributed by atoms with Crippen LogP contribution in [0.5, 0.6) is 5.75 Å². The Labute approximate surface area is 108 Å². The molecule has 1 aromatic carbocycles. The zero-order chi connectivity index (χ0) is 12.3. The van der Waals surface area contributed by atoms with E-state index in [2.05, 4.69) is 4.98 Å². The first-order chi connectivity index (χ1) is 8.18. The van der Waals surface area contributed by atoms with Crippen LogP contribution in [0.1, 0.15) is 5.56 Å². The molecule has 2 rings (SSSR count). The van der Waals surface area contributed by atoms with Gasteiger partial charge in [-0.2, -0.15) is 0 Å². The lowest BCUT2D eigenvalue weighted by molar-refractivity contribution is 0.304. The zero-order valence-electron chi connectivity index (χ0n) is 8.66. The minimum absolute atomic E-state index is 0.0126. The van der Waals surface area contributed by atoms with Crippen molar-refractivity contribution in [3.8, 4) is 5.75 Å². The maximum absolute atomic E-state index is 13.2. The summed E-state index contributed by atoms with van der Waals surface area (Å²) in [5.41, 5.74) is 0.428. The summed E-state index contributed by atoms with van der Waals surface area (Å²) in [4.78, 5) is 3.89. The fraction of sp³-hybridized carbons (Fsp3) is 0.0833. The van der Waals surface area contributed by atoms with Gasteiger partial charge in [0.05, 0.1) is 11.2 Å². The Kier molecular flexibility index (Phi) is 3.82. The summed E-state index contributed by atoms with van der Waals surface area (Å²) >= 11 is 11.7. The Hall–Kier alpha value is -1.32. The van der Waals surface area contributed by atoms with Crippen molar-refractivity contribution >= 4 is 23.2 Å². The van der Waals surface area contributed by atoms with Crippen molar-refractivity contribution in [1.29, 1.82) is 0 Å². The average molecular weight is 272 g/mol. The third-order valence-electron chi connectivity index (χ3n) is 2.16. The second kappa shape index (κ2) is 5.34. The van der Waals surface area contributed by atoms with Gasteiger partial charge in [-0.3, -0.25) is 4.98 Å². The highest BCUT2D eigenvalue weighted by atomic mass is 35.5. The van der Waals surface area contributed by atoms with Gasteiger partial charge in [0.1, 0.15) is 18.2 Å². The molecule has 0 aliphatic carbocycles.